The summed E-state index contributed by atoms with van der Waals surface area (Å²) in [4.78, 5) is 28.2. The fourth-order valence-electron chi connectivity index (χ4n) is 3.59. The van der Waals surface area contributed by atoms with Crippen molar-refractivity contribution < 1.29 is 18.0 Å². The number of nitrogens with one attached hydrogen (secondary N) is 1. The van der Waals surface area contributed by atoms with Crippen LogP contribution in [0.1, 0.15) is 44.7 Å². The SMILES string of the molecule is CC[C@@H](C)NC(=O)[C@H](CC)N(Cc1cccc(C)c1)C(=O)CN(c1ccc(I)cc1)S(C)(=O)=O. The van der Waals surface area contributed by atoms with E-state index in [0.29, 0.717) is 12.1 Å². The standard InChI is InChI=1S/C25H34IN3O4S/c1-6-19(4)27-25(31)23(7-2)28(16-20-10-8-9-18(3)15-20)24(30)17-29(34(5,32)33)22-13-11-21(26)12-14-22/h8-15,19,23H,6-7,16-17H2,1-5H3,(H,27,31)/t19-,23+/m1/s1. The average molecular weight is 600 g/mol. The van der Waals surface area contributed by atoms with Crippen molar-refractivity contribution in [3.05, 3.63) is 63.2 Å². The van der Waals surface area contributed by atoms with E-state index in [0.717, 1.165) is 31.7 Å². The second kappa shape index (κ2) is 12.5. The lowest BCUT2D eigenvalue weighted by atomic mass is 10.1. The lowest BCUT2D eigenvalue weighted by Gasteiger charge is -2.33. The number of nitrogens with zero attached hydrogens (tertiary/aromatic N) is 2. The Balaban J connectivity index is 2.43. The van der Waals surface area contributed by atoms with E-state index < -0.39 is 28.5 Å². The van der Waals surface area contributed by atoms with Gasteiger partial charge in [-0.2, -0.15) is 0 Å². The Morgan fingerprint density at radius 1 is 1.06 bits per heavy atom. The summed E-state index contributed by atoms with van der Waals surface area (Å²) in [5, 5.41) is 2.97. The largest absolute Gasteiger partial charge is 0.352 e. The number of carbonyl (C=O) groups excluding carboxylic acids is 2. The van der Waals surface area contributed by atoms with Crippen molar-refractivity contribution in [3.8, 4) is 0 Å². The number of carbonyl (C=O) groups is 2. The van der Waals surface area contributed by atoms with Crippen molar-refractivity contribution in [2.75, 3.05) is 17.1 Å². The molecule has 0 heterocycles. The number of anilines is 1. The lowest BCUT2D eigenvalue weighted by Crippen LogP contribution is -2.53. The highest BCUT2D eigenvalue weighted by molar-refractivity contribution is 14.1. The number of aryl methyl sites for hydroxylation is 1. The highest BCUT2D eigenvalue weighted by Gasteiger charge is 2.32. The molecule has 0 saturated heterocycles. The molecule has 0 aliphatic heterocycles. The molecule has 2 rings (SSSR count). The van der Waals surface area contributed by atoms with E-state index in [2.05, 4.69) is 27.9 Å². The van der Waals surface area contributed by atoms with Crippen LogP contribution >= 0.6 is 22.6 Å². The number of halogens is 1. The van der Waals surface area contributed by atoms with Gasteiger partial charge in [0.15, 0.2) is 0 Å². The predicted molar refractivity (Wildman–Crippen MR) is 145 cm³/mol. The van der Waals surface area contributed by atoms with Gasteiger partial charge in [-0.1, -0.05) is 43.7 Å². The maximum Gasteiger partial charge on any atom is 0.244 e. The molecule has 0 saturated carbocycles. The minimum atomic E-state index is -3.73. The summed E-state index contributed by atoms with van der Waals surface area (Å²) < 4.78 is 27.3. The molecule has 0 fully saturated rings. The van der Waals surface area contributed by atoms with Crippen LogP contribution in [0, 0.1) is 10.5 Å². The molecule has 2 aromatic carbocycles. The maximum absolute atomic E-state index is 13.6. The summed E-state index contributed by atoms with van der Waals surface area (Å²) >= 11 is 2.14. The van der Waals surface area contributed by atoms with Crippen LogP contribution in [0.25, 0.3) is 0 Å². The Morgan fingerprint density at radius 2 is 1.71 bits per heavy atom. The summed E-state index contributed by atoms with van der Waals surface area (Å²) in [5.41, 5.74) is 2.32. The number of amides is 2. The zero-order valence-electron chi connectivity index (χ0n) is 20.4. The molecular weight excluding hydrogens is 565 g/mol. The molecule has 0 aliphatic carbocycles. The average Bonchev–Trinajstić information content (AvgIpc) is 2.77. The fourth-order valence-corrected chi connectivity index (χ4v) is 4.80. The third kappa shape index (κ3) is 7.97. The highest BCUT2D eigenvalue weighted by Crippen LogP contribution is 2.21. The van der Waals surface area contributed by atoms with Gasteiger partial charge in [-0.05, 0) is 79.1 Å². The quantitative estimate of drug-likeness (QED) is 0.395. The van der Waals surface area contributed by atoms with Gasteiger partial charge in [-0.3, -0.25) is 13.9 Å². The van der Waals surface area contributed by atoms with Gasteiger partial charge in [0.05, 0.1) is 11.9 Å². The van der Waals surface area contributed by atoms with Gasteiger partial charge in [0.2, 0.25) is 21.8 Å². The molecule has 34 heavy (non-hydrogen) atoms. The molecule has 0 bridgehead atoms. The molecular formula is C25H34IN3O4S. The summed E-state index contributed by atoms with van der Waals surface area (Å²) in [5.74, 6) is -0.672. The van der Waals surface area contributed by atoms with Gasteiger partial charge in [-0.25, -0.2) is 8.42 Å². The second-order valence-corrected chi connectivity index (χ2v) is 11.7. The minimum Gasteiger partial charge on any atom is -0.352 e. The number of hydrogen-bond acceptors (Lipinski definition) is 4. The summed E-state index contributed by atoms with van der Waals surface area (Å²) in [6.45, 7) is 7.53. The molecule has 1 N–H and O–H groups in total. The summed E-state index contributed by atoms with van der Waals surface area (Å²) in [6, 6.07) is 13.9. The van der Waals surface area contributed by atoms with Crippen LogP contribution in [0.4, 0.5) is 5.69 Å². The van der Waals surface area contributed by atoms with Crippen molar-refractivity contribution in [2.45, 2.75) is 59.2 Å². The van der Waals surface area contributed by atoms with Gasteiger partial charge >= 0.3 is 0 Å². The molecule has 9 heteroatoms. The number of rotatable bonds is 11. The molecule has 2 aromatic rings. The third-order valence-electron chi connectivity index (χ3n) is 5.62. The van der Waals surface area contributed by atoms with E-state index in [-0.39, 0.29) is 18.5 Å². The predicted octanol–water partition coefficient (Wildman–Crippen LogP) is 4.09. The first-order valence-electron chi connectivity index (χ1n) is 11.3. The van der Waals surface area contributed by atoms with Crippen LogP contribution in [0.5, 0.6) is 0 Å². The van der Waals surface area contributed by atoms with Gasteiger partial charge in [0.25, 0.3) is 0 Å². The first kappa shape index (κ1) is 28.1. The van der Waals surface area contributed by atoms with Crippen LogP contribution < -0.4 is 9.62 Å². The molecule has 0 aromatic heterocycles. The van der Waals surface area contributed by atoms with Gasteiger partial charge in [0.1, 0.15) is 12.6 Å². The summed E-state index contributed by atoms with van der Waals surface area (Å²) in [6.07, 6.45) is 2.25. The first-order chi connectivity index (χ1) is 16.0. The maximum atomic E-state index is 13.6. The Hall–Kier alpha value is -2.14. The topological polar surface area (TPSA) is 86.8 Å². The van der Waals surface area contributed by atoms with Gasteiger partial charge < -0.3 is 10.2 Å². The molecule has 0 spiro atoms. The minimum absolute atomic E-state index is 0.0308. The van der Waals surface area contributed by atoms with Crippen molar-refractivity contribution in [2.24, 2.45) is 0 Å². The van der Waals surface area contributed by atoms with Gasteiger partial charge in [-0.15, -0.1) is 0 Å². The smallest absolute Gasteiger partial charge is 0.244 e. The molecule has 7 nitrogen and oxygen atoms in total. The molecule has 0 unspecified atom stereocenters. The number of benzene rings is 2. The van der Waals surface area contributed by atoms with E-state index in [4.69, 9.17) is 0 Å². The van der Waals surface area contributed by atoms with E-state index in [1.165, 1.54) is 4.90 Å². The normalized spacial score (nSPS) is 13.1. The Kier molecular flexibility index (Phi) is 10.4. The van der Waals surface area contributed by atoms with E-state index in [1.54, 1.807) is 24.3 Å². The first-order valence-corrected chi connectivity index (χ1v) is 14.3. The van der Waals surface area contributed by atoms with Crippen LogP contribution in [-0.2, 0) is 26.2 Å². The Labute approximate surface area is 217 Å². The van der Waals surface area contributed by atoms with Crippen molar-refractivity contribution in [1.82, 2.24) is 10.2 Å². The van der Waals surface area contributed by atoms with Crippen LogP contribution in [0.3, 0.4) is 0 Å². The lowest BCUT2D eigenvalue weighted by molar-refractivity contribution is -0.140. The fraction of sp³-hybridized carbons (Fsp3) is 0.440. The van der Waals surface area contributed by atoms with Crippen molar-refractivity contribution in [1.29, 1.82) is 0 Å². The zero-order chi connectivity index (χ0) is 25.5. The van der Waals surface area contributed by atoms with Crippen LogP contribution in [0.2, 0.25) is 0 Å². The molecule has 186 valence electrons. The van der Waals surface area contributed by atoms with E-state index >= 15 is 0 Å². The molecule has 2 amide bonds. The van der Waals surface area contributed by atoms with E-state index in [1.807, 2.05) is 52.0 Å². The third-order valence-corrected chi connectivity index (χ3v) is 7.48. The zero-order valence-corrected chi connectivity index (χ0v) is 23.4. The van der Waals surface area contributed by atoms with Crippen LogP contribution in [-0.4, -0.2) is 50.0 Å². The Bertz CT molecular complexity index is 1090. The second-order valence-electron chi connectivity index (χ2n) is 8.50. The number of hydrogen-bond donors (Lipinski definition) is 1. The Morgan fingerprint density at radius 3 is 2.24 bits per heavy atom. The monoisotopic (exact) mass is 599 g/mol. The number of sulfonamides is 1. The molecule has 0 radical (unpaired) electrons. The van der Waals surface area contributed by atoms with Crippen LogP contribution in [0.15, 0.2) is 48.5 Å². The summed E-state index contributed by atoms with van der Waals surface area (Å²) in [7, 11) is -3.73. The molecule has 0 aliphatic rings. The van der Waals surface area contributed by atoms with Crippen molar-refractivity contribution >= 4 is 50.1 Å². The van der Waals surface area contributed by atoms with Crippen molar-refractivity contribution in [3.63, 3.8) is 0 Å². The van der Waals surface area contributed by atoms with E-state index in [9.17, 15) is 18.0 Å². The molecule has 2 atom stereocenters. The van der Waals surface area contributed by atoms with Gasteiger partial charge in [0, 0.05) is 16.2 Å². The highest BCUT2D eigenvalue weighted by atomic mass is 127.